The van der Waals surface area contributed by atoms with Gasteiger partial charge in [-0.25, -0.2) is 0 Å². The van der Waals surface area contributed by atoms with Crippen LogP contribution in [0.5, 0.6) is 0 Å². The Morgan fingerprint density at radius 2 is 1.94 bits per heavy atom. The summed E-state index contributed by atoms with van der Waals surface area (Å²) in [6.07, 6.45) is 1.04. The fourth-order valence-electron chi connectivity index (χ4n) is 1.62. The maximum absolute atomic E-state index is 5.26. The van der Waals surface area contributed by atoms with Gasteiger partial charge in [-0.3, -0.25) is 0 Å². The summed E-state index contributed by atoms with van der Waals surface area (Å²) in [6, 6.07) is 8.63. The molecule has 2 rings (SSSR count). The van der Waals surface area contributed by atoms with Crippen LogP contribution in [0.25, 0.3) is 11.5 Å². The lowest BCUT2D eigenvalue weighted by Crippen LogP contribution is -2.22. The Balaban J connectivity index is 2.08. The molecular formula is C14H19N3O. The minimum atomic E-state index is 0.413. The molecule has 0 amide bonds. The number of rotatable bonds is 5. The van der Waals surface area contributed by atoms with E-state index in [2.05, 4.69) is 48.4 Å². The maximum Gasteiger partial charge on any atom is 0.257 e. The van der Waals surface area contributed by atoms with E-state index >= 15 is 0 Å². The molecule has 0 aliphatic heterocycles. The molecule has 0 fully saturated rings. The molecule has 0 atom stereocenters. The summed E-state index contributed by atoms with van der Waals surface area (Å²) in [6.45, 7) is 6.94. The monoisotopic (exact) mass is 245 g/mol. The van der Waals surface area contributed by atoms with E-state index in [-0.39, 0.29) is 0 Å². The van der Waals surface area contributed by atoms with Crippen LogP contribution in [0.1, 0.15) is 32.2 Å². The summed E-state index contributed by atoms with van der Waals surface area (Å²) in [4.78, 5) is 4.37. The number of nitrogens with one attached hydrogen (secondary N) is 1. The van der Waals surface area contributed by atoms with Gasteiger partial charge in [-0.2, -0.15) is 4.98 Å². The summed E-state index contributed by atoms with van der Waals surface area (Å²) in [7, 11) is 0. The van der Waals surface area contributed by atoms with Gasteiger partial charge in [-0.1, -0.05) is 38.1 Å². The number of aromatic nitrogens is 2. The molecule has 2 aromatic rings. The molecule has 0 aliphatic rings. The van der Waals surface area contributed by atoms with Gasteiger partial charge in [0, 0.05) is 11.6 Å². The lowest BCUT2D eigenvalue weighted by Gasteiger charge is -2.03. The normalized spacial score (nSPS) is 11.1. The van der Waals surface area contributed by atoms with Crippen LogP contribution in [0.4, 0.5) is 0 Å². The van der Waals surface area contributed by atoms with E-state index in [1.165, 1.54) is 5.56 Å². The Hall–Kier alpha value is -1.68. The standard InChI is InChI=1S/C14H19N3O/c1-4-11-5-7-12(8-6-11)14-16-13(17-18-14)9-15-10(2)3/h5-8,10,15H,4,9H2,1-3H3. The smallest absolute Gasteiger partial charge is 0.257 e. The van der Waals surface area contributed by atoms with Gasteiger partial charge in [0.1, 0.15) is 0 Å². The SMILES string of the molecule is CCc1ccc(-c2nc(CNC(C)C)no2)cc1. The van der Waals surface area contributed by atoms with Crippen molar-refractivity contribution in [3.8, 4) is 11.5 Å². The van der Waals surface area contributed by atoms with Crippen LogP contribution in [0.15, 0.2) is 28.8 Å². The first-order valence-electron chi connectivity index (χ1n) is 6.34. The minimum absolute atomic E-state index is 0.413. The first kappa shape index (κ1) is 12.8. The number of benzene rings is 1. The molecule has 1 aromatic heterocycles. The molecule has 0 radical (unpaired) electrons. The van der Waals surface area contributed by atoms with Crippen molar-refractivity contribution >= 4 is 0 Å². The van der Waals surface area contributed by atoms with Crippen molar-refractivity contribution in [1.82, 2.24) is 15.5 Å². The van der Waals surface area contributed by atoms with Gasteiger partial charge >= 0.3 is 0 Å². The second kappa shape index (κ2) is 5.78. The van der Waals surface area contributed by atoms with Gasteiger partial charge in [0.05, 0.1) is 6.54 Å². The average Bonchev–Trinajstić information content (AvgIpc) is 2.85. The zero-order valence-electron chi connectivity index (χ0n) is 11.1. The minimum Gasteiger partial charge on any atom is -0.334 e. The molecule has 1 N–H and O–H groups in total. The summed E-state index contributed by atoms with van der Waals surface area (Å²) in [5.41, 5.74) is 2.27. The van der Waals surface area contributed by atoms with E-state index < -0.39 is 0 Å². The number of hydrogen-bond donors (Lipinski definition) is 1. The van der Waals surface area contributed by atoms with Gasteiger partial charge in [-0.05, 0) is 24.1 Å². The molecule has 1 aromatic carbocycles. The lowest BCUT2D eigenvalue weighted by atomic mass is 10.1. The van der Waals surface area contributed by atoms with Gasteiger partial charge in [0.2, 0.25) is 0 Å². The van der Waals surface area contributed by atoms with E-state index in [0.717, 1.165) is 12.0 Å². The van der Waals surface area contributed by atoms with Crippen molar-refractivity contribution in [2.24, 2.45) is 0 Å². The van der Waals surface area contributed by atoms with Crippen molar-refractivity contribution in [1.29, 1.82) is 0 Å². The molecule has 0 unspecified atom stereocenters. The zero-order chi connectivity index (χ0) is 13.0. The van der Waals surface area contributed by atoms with Gasteiger partial charge in [0.15, 0.2) is 5.82 Å². The molecule has 18 heavy (non-hydrogen) atoms. The summed E-state index contributed by atoms with van der Waals surface area (Å²) in [5, 5.41) is 7.22. The number of hydrogen-bond acceptors (Lipinski definition) is 4. The Labute approximate surface area is 107 Å². The highest BCUT2D eigenvalue weighted by Crippen LogP contribution is 2.17. The Morgan fingerprint density at radius 1 is 1.22 bits per heavy atom. The largest absolute Gasteiger partial charge is 0.334 e. The third-order valence-corrected chi connectivity index (χ3v) is 2.75. The number of nitrogens with zero attached hydrogens (tertiary/aromatic N) is 2. The molecule has 0 saturated heterocycles. The Morgan fingerprint density at radius 3 is 2.56 bits per heavy atom. The highest BCUT2D eigenvalue weighted by molar-refractivity contribution is 5.53. The van der Waals surface area contributed by atoms with Crippen molar-refractivity contribution in [3.63, 3.8) is 0 Å². The molecule has 0 spiro atoms. The van der Waals surface area contributed by atoms with E-state index in [9.17, 15) is 0 Å². The van der Waals surface area contributed by atoms with E-state index in [1.54, 1.807) is 0 Å². The number of aryl methyl sites for hydroxylation is 1. The molecule has 0 saturated carbocycles. The van der Waals surface area contributed by atoms with Crippen LogP contribution >= 0.6 is 0 Å². The van der Waals surface area contributed by atoms with E-state index in [0.29, 0.717) is 24.3 Å². The molecule has 1 heterocycles. The fourth-order valence-corrected chi connectivity index (χ4v) is 1.62. The van der Waals surface area contributed by atoms with Gasteiger partial charge < -0.3 is 9.84 Å². The quantitative estimate of drug-likeness (QED) is 0.880. The van der Waals surface area contributed by atoms with Crippen molar-refractivity contribution in [2.45, 2.75) is 39.8 Å². The predicted octanol–water partition coefficient (Wildman–Crippen LogP) is 2.80. The maximum atomic E-state index is 5.26. The van der Waals surface area contributed by atoms with Crippen molar-refractivity contribution < 1.29 is 4.52 Å². The zero-order valence-corrected chi connectivity index (χ0v) is 11.1. The van der Waals surface area contributed by atoms with E-state index in [1.807, 2.05) is 12.1 Å². The molecule has 96 valence electrons. The summed E-state index contributed by atoms with van der Waals surface area (Å²) < 4.78 is 5.26. The Bertz CT molecular complexity index is 488. The first-order valence-corrected chi connectivity index (χ1v) is 6.34. The third kappa shape index (κ3) is 3.17. The van der Waals surface area contributed by atoms with Crippen molar-refractivity contribution in [2.75, 3.05) is 0 Å². The predicted molar refractivity (Wildman–Crippen MR) is 71.1 cm³/mol. The first-order chi connectivity index (χ1) is 8.69. The average molecular weight is 245 g/mol. The third-order valence-electron chi connectivity index (χ3n) is 2.75. The molecule has 4 heteroatoms. The topological polar surface area (TPSA) is 51.0 Å². The van der Waals surface area contributed by atoms with Crippen LogP contribution in [0.2, 0.25) is 0 Å². The second-order valence-electron chi connectivity index (χ2n) is 4.60. The van der Waals surface area contributed by atoms with Crippen LogP contribution in [-0.2, 0) is 13.0 Å². The molecule has 4 nitrogen and oxygen atoms in total. The van der Waals surface area contributed by atoms with E-state index in [4.69, 9.17) is 4.52 Å². The van der Waals surface area contributed by atoms with Crippen LogP contribution in [0, 0.1) is 0 Å². The fraction of sp³-hybridized carbons (Fsp3) is 0.429. The second-order valence-corrected chi connectivity index (χ2v) is 4.60. The van der Waals surface area contributed by atoms with Crippen LogP contribution in [0.3, 0.4) is 0 Å². The van der Waals surface area contributed by atoms with Crippen LogP contribution in [-0.4, -0.2) is 16.2 Å². The van der Waals surface area contributed by atoms with Crippen molar-refractivity contribution in [3.05, 3.63) is 35.7 Å². The van der Waals surface area contributed by atoms with Crippen LogP contribution < -0.4 is 5.32 Å². The van der Waals surface area contributed by atoms with Gasteiger partial charge in [-0.15, -0.1) is 0 Å². The highest BCUT2D eigenvalue weighted by atomic mass is 16.5. The van der Waals surface area contributed by atoms with Gasteiger partial charge in [0.25, 0.3) is 5.89 Å². The molecule has 0 aliphatic carbocycles. The highest BCUT2D eigenvalue weighted by Gasteiger charge is 2.08. The Kier molecular flexibility index (Phi) is 4.10. The summed E-state index contributed by atoms with van der Waals surface area (Å²) in [5.74, 6) is 1.27. The molecular weight excluding hydrogens is 226 g/mol. The lowest BCUT2D eigenvalue weighted by molar-refractivity contribution is 0.417. The summed E-state index contributed by atoms with van der Waals surface area (Å²) >= 11 is 0. The molecule has 0 bridgehead atoms.